The van der Waals surface area contributed by atoms with Crippen molar-refractivity contribution in [2.75, 3.05) is 17.2 Å². The van der Waals surface area contributed by atoms with Gasteiger partial charge in [-0.2, -0.15) is 0 Å². The largest absolute Gasteiger partial charge is 0.398 e. The van der Waals surface area contributed by atoms with Crippen LogP contribution in [0.4, 0.5) is 5.69 Å². The van der Waals surface area contributed by atoms with Crippen LogP contribution < -0.4 is 5.73 Å². The predicted molar refractivity (Wildman–Crippen MR) is 87.8 cm³/mol. The molecule has 21 heavy (non-hydrogen) atoms. The number of hydrogen-bond acceptors (Lipinski definition) is 4. The maximum absolute atomic E-state index is 12.7. The van der Waals surface area contributed by atoms with Gasteiger partial charge in [-0.1, -0.05) is 35.9 Å². The van der Waals surface area contributed by atoms with Crippen molar-refractivity contribution >= 4 is 38.9 Å². The molecule has 2 aromatic rings. The molecule has 1 aliphatic heterocycles. The maximum atomic E-state index is 12.7. The maximum Gasteiger partial charge on any atom is 0.182 e. The molecule has 3 rings (SSSR count). The number of nitrogens with two attached hydrogens (primary N) is 1. The Morgan fingerprint density at radius 1 is 1.19 bits per heavy atom. The second-order valence-corrected chi connectivity index (χ2v) is 8.43. The standard InChI is InChI=1S/C15H14ClNO2S2/c16-12-5-3-6-13(17)15(12)21(18,19)9-10-8-20-14-7-2-1-4-11(10)14/h1-7,10H,8-9,17H2. The average Bonchev–Trinajstić information content (AvgIpc) is 2.81. The second-order valence-electron chi connectivity index (χ2n) is 4.99. The first kappa shape index (κ1) is 14.8. The van der Waals surface area contributed by atoms with E-state index in [4.69, 9.17) is 17.3 Å². The van der Waals surface area contributed by atoms with Gasteiger partial charge >= 0.3 is 0 Å². The summed E-state index contributed by atoms with van der Waals surface area (Å²) in [4.78, 5) is 1.21. The summed E-state index contributed by atoms with van der Waals surface area (Å²) < 4.78 is 25.3. The molecule has 3 nitrogen and oxygen atoms in total. The van der Waals surface area contributed by atoms with Crippen LogP contribution in [0.5, 0.6) is 0 Å². The molecule has 0 aromatic heterocycles. The molecular formula is C15H14ClNO2S2. The van der Waals surface area contributed by atoms with Gasteiger partial charge in [0.1, 0.15) is 4.90 Å². The van der Waals surface area contributed by atoms with Crippen molar-refractivity contribution in [3.63, 3.8) is 0 Å². The van der Waals surface area contributed by atoms with Gasteiger partial charge in [0.15, 0.2) is 9.84 Å². The van der Waals surface area contributed by atoms with Crippen LogP contribution in [0.25, 0.3) is 0 Å². The molecule has 1 heterocycles. The molecule has 1 atom stereocenters. The molecule has 1 aliphatic rings. The van der Waals surface area contributed by atoms with E-state index in [-0.39, 0.29) is 27.3 Å². The number of rotatable bonds is 3. The smallest absolute Gasteiger partial charge is 0.182 e. The third-order valence-electron chi connectivity index (χ3n) is 3.53. The first-order valence-electron chi connectivity index (χ1n) is 6.47. The Balaban J connectivity index is 1.95. The molecule has 0 aliphatic carbocycles. The lowest BCUT2D eigenvalue weighted by molar-refractivity contribution is 0.591. The van der Waals surface area contributed by atoms with Crippen LogP contribution in [0.2, 0.25) is 5.02 Å². The lowest BCUT2D eigenvalue weighted by atomic mass is 10.0. The van der Waals surface area contributed by atoms with Gasteiger partial charge in [-0.15, -0.1) is 11.8 Å². The molecule has 0 fully saturated rings. The van der Waals surface area contributed by atoms with Crippen LogP contribution in [0.15, 0.2) is 52.3 Å². The van der Waals surface area contributed by atoms with Crippen LogP contribution in [-0.4, -0.2) is 19.9 Å². The summed E-state index contributed by atoms with van der Waals surface area (Å²) in [5, 5.41) is 0.189. The number of nitrogen functional groups attached to an aromatic ring is 1. The minimum atomic E-state index is -3.52. The van der Waals surface area contributed by atoms with Gasteiger partial charge in [0.05, 0.1) is 16.5 Å². The highest BCUT2D eigenvalue weighted by molar-refractivity contribution is 7.99. The molecule has 6 heteroatoms. The zero-order valence-electron chi connectivity index (χ0n) is 11.1. The summed E-state index contributed by atoms with van der Waals surface area (Å²) in [5.41, 5.74) is 7.11. The van der Waals surface area contributed by atoms with Crippen LogP contribution in [0, 0.1) is 0 Å². The van der Waals surface area contributed by atoms with E-state index in [2.05, 4.69) is 0 Å². The Hall–Kier alpha value is -1.17. The Labute approximate surface area is 133 Å². The fraction of sp³-hybridized carbons (Fsp3) is 0.200. The Bertz CT molecular complexity index is 770. The highest BCUT2D eigenvalue weighted by Crippen LogP contribution is 2.41. The summed E-state index contributed by atoms with van der Waals surface area (Å²) in [6, 6.07) is 12.7. The molecule has 0 bridgehead atoms. The van der Waals surface area contributed by atoms with Crippen molar-refractivity contribution in [3.8, 4) is 0 Å². The highest BCUT2D eigenvalue weighted by Gasteiger charge is 2.30. The molecular weight excluding hydrogens is 326 g/mol. The molecule has 0 saturated heterocycles. The number of thioether (sulfide) groups is 1. The molecule has 110 valence electrons. The minimum absolute atomic E-state index is 0.0214. The quantitative estimate of drug-likeness (QED) is 0.868. The van der Waals surface area contributed by atoms with Crippen molar-refractivity contribution in [2.24, 2.45) is 0 Å². The van der Waals surface area contributed by atoms with Crippen molar-refractivity contribution in [3.05, 3.63) is 53.1 Å². The lowest BCUT2D eigenvalue weighted by Gasteiger charge is -2.14. The molecule has 2 aromatic carbocycles. The van der Waals surface area contributed by atoms with E-state index in [9.17, 15) is 8.42 Å². The van der Waals surface area contributed by atoms with Gasteiger partial charge in [-0.3, -0.25) is 0 Å². The van der Waals surface area contributed by atoms with Gasteiger partial charge in [0.25, 0.3) is 0 Å². The van der Waals surface area contributed by atoms with Gasteiger partial charge in [0.2, 0.25) is 0 Å². The normalized spacial score (nSPS) is 17.7. The number of hydrogen-bond donors (Lipinski definition) is 1. The topological polar surface area (TPSA) is 60.2 Å². The number of benzene rings is 2. The van der Waals surface area contributed by atoms with E-state index in [1.165, 1.54) is 0 Å². The SMILES string of the molecule is Nc1cccc(Cl)c1S(=O)(=O)CC1CSc2ccccc21. The van der Waals surface area contributed by atoms with Crippen molar-refractivity contribution in [1.29, 1.82) is 0 Å². The van der Waals surface area contributed by atoms with Crippen LogP contribution in [0.1, 0.15) is 11.5 Å². The highest BCUT2D eigenvalue weighted by atomic mass is 35.5. The van der Waals surface area contributed by atoms with Crippen LogP contribution >= 0.6 is 23.4 Å². The van der Waals surface area contributed by atoms with E-state index in [1.54, 1.807) is 30.0 Å². The van der Waals surface area contributed by atoms with E-state index in [0.29, 0.717) is 0 Å². The summed E-state index contributed by atoms with van der Waals surface area (Å²) >= 11 is 7.73. The number of sulfone groups is 1. The molecule has 1 unspecified atom stereocenters. The molecule has 0 radical (unpaired) electrons. The number of anilines is 1. The predicted octanol–water partition coefficient (Wildman–Crippen LogP) is 3.59. The average molecular weight is 340 g/mol. The summed E-state index contributed by atoms with van der Waals surface area (Å²) in [5.74, 6) is 0.778. The van der Waals surface area contributed by atoms with Crippen LogP contribution in [0.3, 0.4) is 0 Å². The number of halogens is 1. The van der Waals surface area contributed by atoms with Gasteiger partial charge in [-0.05, 0) is 23.8 Å². The van der Waals surface area contributed by atoms with E-state index < -0.39 is 9.84 Å². The van der Waals surface area contributed by atoms with Gasteiger partial charge in [0, 0.05) is 16.6 Å². The zero-order chi connectivity index (χ0) is 15.0. The lowest BCUT2D eigenvalue weighted by Crippen LogP contribution is -2.16. The van der Waals surface area contributed by atoms with Gasteiger partial charge < -0.3 is 5.73 Å². The third kappa shape index (κ3) is 2.78. The van der Waals surface area contributed by atoms with Crippen molar-refractivity contribution < 1.29 is 8.42 Å². The second kappa shape index (κ2) is 5.55. The monoisotopic (exact) mass is 339 g/mol. The van der Waals surface area contributed by atoms with Crippen molar-refractivity contribution in [2.45, 2.75) is 15.7 Å². The first-order valence-corrected chi connectivity index (χ1v) is 9.49. The van der Waals surface area contributed by atoms with E-state index >= 15 is 0 Å². The Morgan fingerprint density at radius 3 is 2.71 bits per heavy atom. The van der Waals surface area contributed by atoms with E-state index in [0.717, 1.165) is 16.2 Å². The third-order valence-corrected chi connectivity index (χ3v) is 7.13. The zero-order valence-corrected chi connectivity index (χ0v) is 13.5. The summed E-state index contributed by atoms with van der Waals surface area (Å²) in [6.07, 6.45) is 0. The summed E-state index contributed by atoms with van der Waals surface area (Å²) in [6.45, 7) is 0. The summed E-state index contributed by atoms with van der Waals surface area (Å²) in [7, 11) is -3.52. The van der Waals surface area contributed by atoms with Crippen molar-refractivity contribution in [1.82, 2.24) is 0 Å². The molecule has 0 saturated carbocycles. The fourth-order valence-corrected chi connectivity index (χ4v) is 6.29. The Kier molecular flexibility index (Phi) is 3.90. The molecule has 2 N–H and O–H groups in total. The van der Waals surface area contributed by atoms with Crippen LogP contribution in [-0.2, 0) is 9.84 Å². The van der Waals surface area contributed by atoms with Gasteiger partial charge in [-0.25, -0.2) is 8.42 Å². The number of fused-ring (bicyclic) bond motifs is 1. The Morgan fingerprint density at radius 2 is 1.95 bits per heavy atom. The van der Waals surface area contributed by atoms with E-state index in [1.807, 2.05) is 24.3 Å². The first-order chi connectivity index (χ1) is 9.99. The minimum Gasteiger partial charge on any atom is -0.398 e. The fourth-order valence-electron chi connectivity index (χ4n) is 2.57. The molecule has 0 amide bonds. The molecule has 0 spiro atoms.